The van der Waals surface area contributed by atoms with Crippen molar-refractivity contribution in [1.29, 1.82) is 0 Å². The Morgan fingerprint density at radius 2 is 1.50 bits per heavy atom. The minimum atomic E-state index is -0.736. The van der Waals surface area contributed by atoms with Gasteiger partial charge in [-0.2, -0.15) is 0 Å². The van der Waals surface area contributed by atoms with Crippen LogP contribution in [-0.2, 0) is 5.41 Å². The van der Waals surface area contributed by atoms with E-state index in [0.717, 1.165) is 42.6 Å². The van der Waals surface area contributed by atoms with Gasteiger partial charge in [0.2, 0.25) is 6.54 Å². The Balaban J connectivity index is 2.32. The predicted octanol–water partition coefficient (Wildman–Crippen LogP) is 8.05. The molecule has 0 radical (unpaired) electrons. The van der Waals surface area contributed by atoms with Gasteiger partial charge < -0.3 is 14.7 Å². The van der Waals surface area contributed by atoms with Gasteiger partial charge in [-0.05, 0) is 79.8 Å². The number of rotatable bonds is 13. The Labute approximate surface area is 207 Å². The van der Waals surface area contributed by atoms with E-state index >= 15 is 0 Å². The average Bonchev–Trinajstić information content (AvgIpc) is 2.85. The monoisotopic (exact) mass is 461 g/mol. The summed E-state index contributed by atoms with van der Waals surface area (Å²) in [6, 6.07) is 13.4. The summed E-state index contributed by atoms with van der Waals surface area (Å²) in [5.74, 6) is 0.934. The topological polar surface area (TPSA) is 33.8 Å². The predicted molar refractivity (Wildman–Crippen MR) is 144 cm³/mol. The molecule has 0 fully saturated rings. The first-order valence-electron chi connectivity index (χ1n) is 12.9. The second-order valence-corrected chi connectivity index (χ2v) is 9.42. The van der Waals surface area contributed by atoms with E-state index in [0.29, 0.717) is 26.0 Å². The fourth-order valence-electron chi connectivity index (χ4n) is 4.71. The Morgan fingerprint density at radius 1 is 0.882 bits per heavy atom. The molecule has 0 unspecified atom stereocenters. The first-order valence-corrected chi connectivity index (χ1v) is 12.9. The zero-order valence-electron chi connectivity index (χ0n) is 22.1. The molecule has 0 amide bonds. The van der Waals surface area contributed by atoms with E-state index in [2.05, 4.69) is 75.0 Å². The molecule has 0 aliphatic carbocycles. The van der Waals surface area contributed by atoms with E-state index in [4.69, 9.17) is 11.3 Å². The van der Waals surface area contributed by atoms with Crippen molar-refractivity contribution < 1.29 is 9.84 Å². The molecule has 0 saturated heterocycles. The van der Waals surface area contributed by atoms with Crippen molar-refractivity contribution in [3.8, 4) is 5.75 Å². The third kappa shape index (κ3) is 6.51. The summed E-state index contributed by atoms with van der Waals surface area (Å²) in [4.78, 5) is 3.40. The number of hydrogen-bond donors (Lipinski definition) is 1. The maximum Gasteiger partial charge on any atom is 0.214 e. The highest BCUT2D eigenvalue weighted by molar-refractivity contribution is 5.57. The smallest absolute Gasteiger partial charge is 0.214 e. The fraction of sp³-hybridized carbons (Fsp3) is 0.516. The minimum Gasteiger partial charge on any atom is -0.493 e. The SMILES string of the molecule is [C-]#[N+]CCCCOc1ccc(C(CC)(CC)c2ccc(C=CC(O)(CC)CC)c(C)c2)cc1C. The van der Waals surface area contributed by atoms with Gasteiger partial charge in [-0.3, -0.25) is 0 Å². The van der Waals surface area contributed by atoms with Crippen molar-refractivity contribution in [3.05, 3.63) is 81.7 Å². The molecule has 2 rings (SSSR count). The number of aliphatic hydroxyl groups is 1. The van der Waals surface area contributed by atoms with Crippen molar-refractivity contribution >= 4 is 6.08 Å². The van der Waals surface area contributed by atoms with Crippen LogP contribution < -0.4 is 4.74 Å². The molecule has 0 spiro atoms. The Hall–Kier alpha value is -2.57. The van der Waals surface area contributed by atoms with Gasteiger partial charge >= 0.3 is 0 Å². The summed E-state index contributed by atoms with van der Waals surface area (Å²) in [5, 5.41) is 10.6. The van der Waals surface area contributed by atoms with Crippen molar-refractivity contribution in [2.75, 3.05) is 13.2 Å². The van der Waals surface area contributed by atoms with Crippen LogP contribution in [0.2, 0.25) is 0 Å². The molecule has 1 N–H and O–H groups in total. The molecule has 0 saturated carbocycles. The fourth-order valence-corrected chi connectivity index (χ4v) is 4.71. The Morgan fingerprint density at radius 3 is 2.03 bits per heavy atom. The largest absolute Gasteiger partial charge is 0.493 e. The van der Waals surface area contributed by atoms with Gasteiger partial charge in [-0.1, -0.05) is 70.2 Å². The number of aryl methyl sites for hydroxylation is 2. The van der Waals surface area contributed by atoms with Crippen molar-refractivity contribution in [2.24, 2.45) is 0 Å². The number of nitrogens with zero attached hydrogens (tertiary/aromatic N) is 1. The molecular formula is C31H43NO2. The summed E-state index contributed by atoms with van der Waals surface area (Å²) in [6.45, 7) is 21.0. The highest BCUT2D eigenvalue weighted by Gasteiger charge is 2.31. The van der Waals surface area contributed by atoms with E-state index in [1.54, 1.807) is 0 Å². The van der Waals surface area contributed by atoms with Gasteiger partial charge in [0.05, 0.1) is 12.2 Å². The van der Waals surface area contributed by atoms with Crippen molar-refractivity contribution in [3.63, 3.8) is 0 Å². The Kier molecular flexibility index (Phi) is 10.4. The molecular weight excluding hydrogens is 418 g/mol. The van der Waals surface area contributed by atoms with Crippen molar-refractivity contribution in [2.45, 2.75) is 91.1 Å². The van der Waals surface area contributed by atoms with Gasteiger partial charge in [0.15, 0.2) is 0 Å². The lowest BCUT2D eigenvalue weighted by atomic mass is 9.70. The molecule has 3 heteroatoms. The third-order valence-corrected chi connectivity index (χ3v) is 7.48. The average molecular weight is 462 g/mol. The molecule has 0 atom stereocenters. The lowest BCUT2D eigenvalue weighted by Gasteiger charge is -2.34. The zero-order chi connectivity index (χ0) is 25.2. The van der Waals surface area contributed by atoms with E-state index < -0.39 is 5.60 Å². The van der Waals surface area contributed by atoms with Gasteiger partial charge in [0, 0.05) is 11.8 Å². The lowest BCUT2D eigenvalue weighted by molar-refractivity contribution is 0.0836. The van der Waals surface area contributed by atoms with Crippen LogP contribution in [0.25, 0.3) is 10.9 Å². The van der Waals surface area contributed by atoms with Gasteiger partial charge in [0.25, 0.3) is 0 Å². The molecule has 2 aromatic carbocycles. The first kappa shape index (κ1) is 27.7. The van der Waals surface area contributed by atoms with E-state index in [1.807, 2.05) is 19.9 Å². The van der Waals surface area contributed by atoms with Gasteiger partial charge in [-0.15, -0.1) is 0 Å². The van der Waals surface area contributed by atoms with E-state index in [1.165, 1.54) is 16.7 Å². The summed E-state index contributed by atoms with van der Waals surface area (Å²) in [6.07, 6.45) is 9.27. The molecule has 3 nitrogen and oxygen atoms in total. The number of unbranched alkanes of at least 4 members (excludes halogenated alkanes) is 1. The second-order valence-electron chi connectivity index (χ2n) is 9.42. The highest BCUT2D eigenvalue weighted by atomic mass is 16.5. The van der Waals surface area contributed by atoms with Gasteiger partial charge in [-0.25, -0.2) is 6.57 Å². The van der Waals surface area contributed by atoms with Crippen LogP contribution in [-0.4, -0.2) is 23.9 Å². The molecule has 0 aliphatic rings. The molecule has 34 heavy (non-hydrogen) atoms. The quantitative estimate of drug-likeness (QED) is 0.242. The van der Waals surface area contributed by atoms with Crippen LogP contribution in [0.4, 0.5) is 0 Å². The standard InChI is InChI=1S/C31H43NO2/c1-8-30(33,9-2)19-18-26-14-15-27(22-24(26)5)31(10-3,11-4)28-16-17-29(25(6)23-28)34-21-13-12-20-32-7/h14-19,22-23,33H,8-13,20-21H2,1-6H3. The summed E-state index contributed by atoms with van der Waals surface area (Å²) >= 11 is 0. The first-order chi connectivity index (χ1) is 16.3. The minimum absolute atomic E-state index is 0.0561. The van der Waals surface area contributed by atoms with Crippen LogP contribution >= 0.6 is 0 Å². The van der Waals surface area contributed by atoms with Crippen LogP contribution in [0.1, 0.15) is 94.0 Å². The maximum absolute atomic E-state index is 10.6. The summed E-state index contributed by atoms with van der Waals surface area (Å²) in [7, 11) is 0. The number of hydrogen-bond acceptors (Lipinski definition) is 2. The van der Waals surface area contributed by atoms with Crippen LogP contribution in [0.15, 0.2) is 42.5 Å². The summed E-state index contributed by atoms with van der Waals surface area (Å²) < 4.78 is 6.00. The van der Waals surface area contributed by atoms with Crippen LogP contribution in [0.3, 0.4) is 0 Å². The molecule has 184 valence electrons. The molecule has 0 aromatic heterocycles. The normalized spacial score (nSPS) is 12.2. The molecule has 2 aromatic rings. The second kappa shape index (κ2) is 12.8. The molecule has 0 aliphatic heterocycles. The molecule has 0 bridgehead atoms. The zero-order valence-corrected chi connectivity index (χ0v) is 22.1. The Bertz CT molecular complexity index is 991. The highest BCUT2D eigenvalue weighted by Crippen LogP contribution is 2.41. The van der Waals surface area contributed by atoms with E-state index in [-0.39, 0.29) is 5.41 Å². The van der Waals surface area contributed by atoms with Gasteiger partial charge in [0.1, 0.15) is 5.75 Å². The number of ether oxygens (including phenoxy) is 1. The van der Waals surface area contributed by atoms with Crippen LogP contribution in [0, 0.1) is 20.4 Å². The maximum atomic E-state index is 10.6. The summed E-state index contributed by atoms with van der Waals surface area (Å²) in [5.41, 5.74) is 5.40. The number of benzene rings is 2. The molecule has 0 heterocycles. The van der Waals surface area contributed by atoms with E-state index in [9.17, 15) is 5.11 Å². The van der Waals surface area contributed by atoms with Crippen LogP contribution in [0.5, 0.6) is 5.75 Å². The van der Waals surface area contributed by atoms with Crippen molar-refractivity contribution in [1.82, 2.24) is 0 Å². The third-order valence-electron chi connectivity index (χ3n) is 7.48. The lowest BCUT2D eigenvalue weighted by Crippen LogP contribution is -2.26.